The summed E-state index contributed by atoms with van der Waals surface area (Å²) in [6.45, 7) is 4.19. The van der Waals surface area contributed by atoms with Crippen LogP contribution < -0.4 is 0 Å². The molecule has 0 aliphatic carbocycles. The smallest absolute Gasteiger partial charge is 0.00794 e. The SMILES string of the molecule is [CH2]C(Cc1ccccc1)c1cccs1. The third-order valence-electron chi connectivity index (χ3n) is 2.27. The van der Waals surface area contributed by atoms with Crippen molar-refractivity contribution in [3.8, 4) is 0 Å². The number of hydrogen-bond donors (Lipinski definition) is 0. The molecule has 14 heavy (non-hydrogen) atoms. The molecule has 1 aromatic carbocycles. The first-order chi connectivity index (χ1) is 6.86. The monoisotopic (exact) mass is 201 g/mol. The van der Waals surface area contributed by atoms with Gasteiger partial charge in [-0.25, -0.2) is 0 Å². The quantitative estimate of drug-likeness (QED) is 0.706. The number of thiophene rings is 1. The van der Waals surface area contributed by atoms with Gasteiger partial charge in [-0.05, 0) is 36.3 Å². The van der Waals surface area contributed by atoms with E-state index in [1.807, 2.05) is 6.07 Å². The first kappa shape index (κ1) is 9.47. The van der Waals surface area contributed by atoms with Crippen LogP contribution in [0.1, 0.15) is 16.4 Å². The molecule has 0 aliphatic heterocycles. The molecule has 0 fully saturated rings. The van der Waals surface area contributed by atoms with Gasteiger partial charge in [0.2, 0.25) is 0 Å². The van der Waals surface area contributed by atoms with E-state index < -0.39 is 0 Å². The molecule has 1 heterocycles. The Labute approximate surface area is 89.2 Å². The normalized spacial score (nSPS) is 12.6. The highest BCUT2D eigenvalue weighted by molar-refractivity contribution is 7.10. The van der Waals surface area contributed by atoms with Crippen LogP contribution in [0.25, 0.3) is 0 Å². The van der Waals surface area contributed by atoms with E-state index in [2.05, 4.69) is 48.7 Å². The van der Waals surface area contributed by atoms with Crippen LogP contribution in [0, 0.1) is 6.92 Å². The van der Waals surface area contributed by atoms with Gasteiger partial charge in [0.25, 0.3) is 0 Å². The van der Waals surface area contributed by atoms with Gasteiger partial charge in [-0.1, -0.05) is 36.4 Å². The summed E-state index contributed by atoms with van der Waals surface area (Å²) in [4.78, 5) is 1.37. The van der Waals surface area contributed by atoms with Crippen molar-refractivity contribution in [1.29, 1.82) is 0 Å². The molecule has 0 aliphatic rings. The Bertz CT molecular complexity index is 361. The number of benzene rings is 1. The highest BCUT2D eigenvalue weighted by Gasteiger charge is 2.06. The van der Waals surface area contributed by atoms with Crippen LogP contribution in [0.3, 0.4) is 0 Å². The summed E-state index contributed by atoms with van der Waals surface area (Å²) in [5.74, 6) is 0.386. The highest BCUT2D eigenvalue weighted by Crippen LogP contribution is 2.23. The van der Waals surface area contributed by atoms with Gasteiger partial charge in [0.15, 0.2) is 0 Å². The van der Waals surface area contributed by atoms with E-state index in [9.17, 15) is 0 Å². The van der Waals surface area contributed by atoms with Crippen molar-refractivity contribution in [2.24, 2.45) is 0 Å². The Balaban J connectivity index is 2.06. The molecule has 0 nitrogen and oxygen atoms in total. The third kappa shape index (κ3) is 2.24. The average molecular weight is 201 g/mol. The van der Waals surface area contributed by atoms with E-state index in [4.69, 9.17) is 0 Å². The lowest BCUT2D eigenvalue weighted by Gasteiger charge is -2.08. The lowest BCUT2D eigenvalue weighted by molar-refractivity contribution is 0.850. The largest absolute Gasteiger partial charge is 0.149 e. The van der Waals surface area contributed by atoms with E-state index in [-0.39, 0.29) is 0 Å². The van der Waals surface area contributed by atoms with Gasteiger partial charge in [-0.2, -0.15) is 0 Å². The number of hydrogen-bond acceptors (Lipinski definition) is 1. The second-order valence-corrected chi connectivity index (χ2v) is 4.38. The Morgan fingerprint density at radius 3 is 2.50 bits per heavy atom. The van der Waals surface area contributed by atoms with Crippen LogP contribution in [0.5, 0.6) is 0 Å². The standard InChI is InChI=1S/C13H13S/c1-11(13-8-5-9-14-13)10-12-6-3-2-4-7-12/h2-9,11H,1,10H2. The minimum absolute atomic E-state index is 0.386. The molecule has 0 saturated carbocycles. The molecule has 0 spiro atoms. The molecule has 71 valence electrons. The summed E-state index contributed by atoms with van der Waals surface area (Å²) < 4.78 is 0. The van der Waals surface area contributed by atoms with Gasteiger partial charge >= 0.3 is 0 Å². The van der Waals surface area contributed by atoms with Crippen LogP contribution in [-0.2, 0) is 6.42 Å². The van der Waals surface area contributed by atoms with E-state index >= 15 is 0 Å². The second-order valence-electron chi connectivity index (χ2n) is 3.40. The Kier molecular flexibility index (Phi) is 3.00. The zero-order valence-electron chi connectivity index (χ0n) is 8.02. The summed E-state index contributed by atoms with van der Waals surface area (Å²) in [5.41, 5.74) is 1.36. The van der Waals surface area contributed by atoms with Crippen molar-refractivity contribution in [3.05, 3.63) is 65.2 Å². The van der Waals surface area contributed by atoms with Crippen molar-refractivity contribution in [3.63, 3.8) is 0 Å². The van der Waals surface area contributed by atoms with Crippen molar-refractivity contribution in [2.45, 2.75) is 12.3 Å². The molecule has 0 bridgehead atoms. The van der Waals surface area contributed by atoms with Gasteiger partial charge in [-0.15, -0.1) is 11.3 Å². The first-order valence-electron chi connectivity index (χ1n) is 4.76. The van der Waals surface area contributed by atoms with Gasteiger partial charge in [0, 0.05) is 4.88 Å². The van der Waals surface area contributed by atoms with Gasteiger partial charge < -0.3 is 0 Å². The fraction of sp³-hybridized carbons (Fsp3) is 0.154. The van der Waals surface area contributed by atoms with Crippen molar-refractivity contribution < 1.29 is 0 Å². The van der Waals surface area contributed by atoms with E-state index in [1.165, 1.54) is 10.4 Å². The van der Waals surface area contributed by atoms with Gasteiger partial charge in [0.1, 0.15) is 0 Å². The fourth-order valence-electron chi connectivity index (χ4n) is 1.52. The number of rotatable bonds is 3. The minimum Gasteiger partial charge on any atom is -0.149 e. The first-order valence-corrected chi connectivity index (χ1v) is 5.64. The predicted molar refractivity (Wildman–Crippen MR) is 62.6 cm³/mol. The lowest BCUT2D eigenvalue weighted by atomic mass is 10.00. The Morgan fingerprint density at radius 1 is 1.07 bits per heavy atom. The van der Waals surface area contributed by atoms with Crippen LogP contribution in [0.15, 0.2) is 47.8 Å². The zero-order valence-corrected chi connectivity index (χ0v) is 8.84. The van der Waals surface area contributed by atoms with E-state index in [0.717, 1.165) is 6.42 Å². The van der Waals surface area contributed by atoms with Crippen LogP contribution in [0.2, 0.25) is 0 Å². The molecule has 1 heteroatoms. The average Bonchev–Trinajstić information content (AvgIpc) is 2.72. The molecular weight excluding hydrogens is 188 g/mol. The molecule has 2 aromatic rings. The minimum atomic E-state index is 0.386. The summed E-state index contributed by atoms with van der Waals surface area (Å²) in [6, 6.07) is 14.8. The van der Waals surface area contributed by atoms with Crippen molar-refractivity contribution in [1.82, 2.24) is 0 Å². The maximum absolute atomic E-state index is 4.19. The maximum atomic E-state index is 4.19. The van der Waals surface area contributed by atoms with Crippen LogP contribution in [-0.4, -0.2) is 0 Å². The maximum Gasteiger partial charge on any atom is 0.00794 e. The lowest BCUT2D eigenvalue weighted by Crippen LogP contribution is -1.95. The summed E-state index contributed by atoms with van der Waals surface area (Å²) >= 11 is 1.79. The summed E-state index contributed by atoms with van der Waals surface area (Å²) in [6.07, 6.45) is 1.03. The van der Waals surface area contributed by atoms with E-state index in [0.29, 0.717) is 5.92 Å². The molecule has 1 unspecified atom stereocenters. The van der Waals surface area contributed by atoms with Crippen molar-refractivity contribution in [2.75, 3.05) is 0 Å². The van der Waals surface area contributed by atoms with E-state index in [1.54, 1.807) is 11.3 Å². The van der Waals surface area contributed by atoms with Gasteiger partial charge in [0.05, 0.1) is 0 Å². The van der Waals surface area contributed by atoms with Crippen LogP contribution in [0.4, 0.5) is 0 Å². The Morgan fingerprint density at radius 2 is 1.86 bits per heavy atom. The molecule has 0 N–H and O–H groups in total. The zero-order chi connectivity index (χ0) is 9.80. The molecule has 0 amide bonds. The third-order valence-corrected chi connectivity index (χ3v) is 3.31. The highest BCUT2D eigenvalue weighted by atomic mass is 32.1. The summed E-state index contributed by atoms with van der Waals surface area (Å²) in [7, 11) is 0. The molecular formula is C13H13S. The molecule has 1 atom stereocenters. The summed E-state index contributed by atoms with van der Waals surface area (Å²) in [5, 5.41) is 2.11. The molecule has 0 saturated heterocycles. The molecule has 1 aromatic heterocycles. The molecule has 1 radical (unpaired) electrons. The molecule has 2 rings (SSSR count). The van der Waals surface area contributed by atoms with Crippen molar-refractivity contribution >= 4 is 11.3 Å². The predicted octanol–water partition coefficient (Wildman–Crippen LogP) is 3.91. The Hall–Kier alpha value is -1.08. The topological polar surface area (TPSA) is 0 Å². The fourth-order valence-corrected chi connectivity index (χ4v) is 2.27. The second kappa shape index (κ2) is 4.43. The van der Waals surface area contributed by atoms with Crippen LogP contribution >= 0.6 is 11.3 Å². The van der Waals surface area contributed by atoms with Gasteiger partial charge in [-0.3, -0.25) is 0 Å².